The van der Waals surface area contributed by atoms with Crippen LogP contribution in [0.2, 0.25) is 0 Å². The van der Waals surface area contributed by atoms with E-state index >= 15 is 0 Å². The van der Waals surface area contributed by atoms with Gasteiger partial charge in [-0.05, 0) is 31.2 Å². The summed E-state index contributed by atoms with van der Waals surface area (Å²) < 4.78 is 5.23. The van der Waals surface area contributed by atoms with Crippen LogP contribution in [-0.2, 0) is 24.3 Å². The Bertz CT molecular complexity index is 520. The molecule has 6 heteroatoms. The molecule has 0 amide bonds. The zero-order chi connectivity index (χ0) is 15.1. The number of pyridine rings is 1. The van der Waals surface area contributed by atoms with Crippen molar-refractivity contribution in [2.75, 3.05) is 32.6 Å². The number of aromatic nitrogens is 2. The molecule has 5 nitrogen and oxygen atoms in total. The number of hydrogen-bond donors (Lipinski definition) is 1. The largest absolute Gasteiger partial charge is 0.378 e. The first-order valence-electron chi connectivity index (χ1n) is 6.96. The van der Waals surface area contributed by atoms with E-state index in [2.05, 4.69) is 34.4 Å². The van der Waals surface area contributed by atoms with Gasteiger partial charge in [-0.1, -0.05) is 0 Å². The molecule has 0 radical (unpaired) electrons. The Morgan fingerprint density at radius 3 is 2.76 bits per heavy atom. The molecule has 0 atom stereocenters. The van der Waals surface area contributed by atoms with Crippen LogP contribution in [0.4, 0.5) is 5.13 Å². The molecule has 0 aromatic carbocycles. The average Bonchev–Trinajstić information content (AvgIpc) is 2.90. The van der Waals surface area contributed by atoms with E-state index < -0.39 is 0 Å². The molecule has 0 aliphatic carbocycles. The van der Waals surface area contributed by atoms with Gasteiger partial charge in [-0.15, -0.1) is 11.3 Å². The molecular weight excluding hydrogens is 284 g/mol. The van der Waals surface area contributed by atoms with Crippen LogP contribution in [-0.4, -0.2) is 37.7 Å². The van der Waals surface area contributed by atoms with Crippen LogP contribution in [0.25, 0.3) is 0 Å². The molecule has 2 aromatic heterocycles. The summed E-state index contributed by atoms with van der Waals surface area (Å²) in [4.78, 5) is 12.2. The smallest absolute Gasteiger partial charge is 0.185 e. The predicted octanol–water partition coefficient (Wildman–Crippen LogP) is 2.08. The summed E-state index contributed by atoms with van der Waals surface area (Å²) in [7, 11) is 5.73. The monoisotopic (exact) mass is 306 g/mol. The fourth-order valence-corrected chi connectivity index (χ4v) is 3.09. The van der Waals surface area contributed by atoms with Crippen molar-refractivity contribution in [3.8, 4) is 0 Å². The highest BCUT2D eigenvalue weighted by atomic mass is 32.1. The number of rotatable bonds is 8. The normalized spacial score (nSPS) is 10.8. The number of methoxy groups -OCH3 is 1. The van der Waals surface area contributed by atoms with Gasteiger partial charge in [-0.2, -0.15) is 0 Å². The van der Waals surface area contributed by atoms with Gasteiger partial charge in [0.05, 0.1) is 12.3 Å². The average molecular weight is 306 g/mol. The molecule has 0 spiro atoms. The van der Waals surface area contributed by atoms with Crippen LogP contribution in [0.15, 0.2) is 24.5 Å². The molecule has 0 saturated carbocycles. The summed E-state index contributed by atoms with van der Waals surface area (Å²) in [5.41, 5.74) is 2.32. The van der Waals surface area contributed by atoms with Gasteiger partial charge in [-0.3, -0.25) is 4.98 Å². The number of nitrogens with one attached hydrogen (secondary N) is 1. The van der Waals surface area contributed by atoms with Gasteiger partial charge in [0.15, 0.2) is 5.13 Å². The maximum Gasteiger partial charge on any atom is 0.185 e. The number of ether oxygens (including phenoxy) is 1. The predicted molar refractivity (Wildman–Crippen MR) is 86.8 cm³/mol. The third-order valence-electron chi connectivity index (χ3n) is 3.20. The van der Waals surface area contributed by atoms with E-state index in [1.807, 2.05) is 19.4 Å². The van der Waals surface area contributed by atoms with E-state index in [-0.39, 0.29) is 0 Å². The van der Waals surface area contributed by atoms with E-state index in [1.165, 1.54) is 10.4 Å². The van der Waals surface area contributed by atoms with Crippen molar-refractivity contribution >= 4 is 16.5 Å². The number of anilines is 1. The Labute approximate surface area is 130 Å². The fraction of sp³-hybridized carbons (Fsp3) is 0.467. The zero-order valence-corrected chi connectivity index (χ0v) is 13.6. The highest BCUT2D eigenvalue weighted by molar-refractivity contribution is 7.15. The van der Waals surface area contributed by atoms with Crippen molar-refractivity contribution in [2.24, 2.45) is 0 Å². The lowest BCUT2D eigenvalue weighted by atomic mass is 10.2. The maximum absolute atomic E-state index is 5.23. The second-order valence-corrected chi connectivity index (χ2v) is 5.92. The second kappa shape index (κ2) is 8.07. The van der Waals surface area contributed by atoms with Gasteiger partial charge in [0.2, 0.25) is 0 Å². The Balaban J connectivity index is 2.01. The van der Waals surface area contributed by atoms with Crippen LogP contribution in [0, 0.1) is 0 Å². The van der Waals surface area contributed by atoms with Crippen LogP contribution in [0.1, 0.15) is 16.1 Å². The number of hydrogen-bond acceptors (Lipinski definition) is 6. The summed E-state index contributed by atoms with van der Waals surface area (Å²) >= 11 is 1.73. The highest BCUT2D eigenvalue weighted by Crippen LogP contribution is 2.26. The molecule has 21 heavy (non-hydrogen) atoms. The highest BCUT2D eigenvalue weighted by Gasteiger charge is 2.13. The fourth-order valence-electron chi connectivity index (χ4n) is 2.02. The molecule has 0 unspecified atom stereocenters. The molecule has 0 bridgehead atoms. The van der Waals surface area contributed by atoms with Gasteiger partial charge >= 0.3 is 0 Å². The van der Waals surface area contributed by atoms with Crippen molar-refractivity contribution in [1.29, 1.82) is 0 Å². The Hall–Kier alpha value is -1.50. The van der Waals surface area contributed by atoms with Crippen LogP contribution < -0.4 is 10.2 Å². The molecule has 0 saturated heterocycles. The minimum Gasteiger partial charge on any atom is -0.378 e. The van der Waals surface area contributed by atoms with Crippen molar-refractivity contribution in [3.05, 3.63) is 40.7 Å². The quantitative estimate of drug-likeness (QED) is 0.809. The summed E-state index contributed by atoms with van der Waals surface area (Å²) in [5, 5.41) is 4.23. The zero-order valence-electron chi connectivity index (χ0n) is 12.8. The second-order valence-electron chi connectivity index (χ2n) is 4.86. The summed E-state index contributed by atoms with van der Waals surface area (Å²) in [6.07, 6.45) is 4.65. The van der Waals surface area contributed by atoms with Gasteiger partial charge in [0.25, 0.3) is 0 Å². The van der Waals surface area contributed by atoms with Crippen molar-refractivity contribution in [1.82, 2.24) is 15.3 Å². The molecule has 2 aromatic rings. The molecule has 0 aliphatic rings. The lowest BCUT2D eigenvalue weighted by Gasteiger charge is -2.15. The first kappa shape index (κ1) is 15.9. The number of likely N-dealkylation sites (N-methyl/N-ethyl adjacent to an activating group) is 1. The molecule has 0 fully saturated rings. The van der Waals surface area contributed by atoms with Crippen molar-refractivity contribution in [2.45, 2.75) is 19.6 Å². The SMILES string of the molecule is CNCc1sc(N(C)CCc2ccncc2)nc1COC. The van der Waals surface area contributed by atoms with Crippen LogP contribution in [0.5, 0.6) is 0 Å². The van der Waals surface area contributed by atoms with Gasteiger partial charge in [-0.25, -0.2) is 4.98 Å². The third kappa shape index (κ3) is 4.49. The molecule has 2 heterocycles. The van der Waals surface area contributed by atoms with E-state index in [0.29, 0.717) is 6.61 Å². The lowest BCUT2D eigenvalue weighted by Crippen LogP contribution is -2.20. The minimum absolute atomic E-state index is 0.561. The minimum atomic E-state index is 0.561. The van der Waals surface area contributed by atoms with Gasteiger partial charge < -0.3 is 15.0 Å². The van der Waals surface area contributed by atoms with Gasteiger partial charge in [0, 0.05) is 44.5 Å². The standard InChI is InChI=1S/C15H22N4OS/c1-16-10-14-13(11-20-3)18-15(21-14)19(2)9-6-12-4-7-17-8-5-12/h4-5,7-8,16H,6,9-11H2,1-3H3. The van der Waals surface area contributed by atoms with Crippen LogP contribution >= 0.6 is 11.3 Å². The molecule has 2 rings (SSSR count). The first-order valence-corrected chi connectivity index (χ1v) is 7.78. The van der Waals surface area contributed by atoms with Crippen LogP contribution in [0.3, 0.4) is 0 Å². The topological polar surface area (TPSA) is 50.3 Å². The molecular formula is C15H22N4OS. The van der Waals surface area contributed by atoms with E-state index in [1.54, 1.807) is 18.4 Å². The van der Waals surface area contributed by atoms with E-state index in [4.69, 9.17) is 9.72 Å². The third-order valence-corrected chi connectivity index (χ3v) is 4.41. The Morgan fingerprint density at radius 2 is 2.10 bits per heavy atom. The van der Waals surface area contributed by atoms with Crippen molar-refractivity contribution < 1.29 is 4.74 Å². The lowest BCUT2D eigenvalue weighted by molar-refractivity contribution is 0.181. The Morgan fingerprint density at radius 1 is 1.33 bits per heavy atom. The maximum atomic E-state index is 5.23. The van der Waals surface area contributed by atoms with Crippen molar-refractivity contribution in [3.63, 3.8) is 0 Å². The number of nitrogens with zero attached hydrogens (tertiary/aromatic N) is 3. The molecule has 1 N–H and O–H groups in total. The Kier molecular flexibility index (Phi) is 6.10. The van der Waals surface area contributed by atoms with E-state index in [9.17, 15) is 0 Å². The summed E-state index contributed by atoms with van der Waals surface area (Å²) in [6.45, 7) is 2.32. The summed E-state index contributed by atoms with van der Waals surface area (Å²) in [6, 6.07) is 4.11. The van der Waals surface area contributed by atoms with Gasteiger partial charge in [0.1, 0.15) is 0 Å². The first-order chi connectivity index (χ1) is 10.2. The van der Waals surface area contributed by atoms with E-state index in [0.717, 1.165) is 30.3 Å². The summed E-state index contributed by atoms with van der Waals surface area (Å²) in [5.74, 6) is 0. The number of thiazole rings is 1. The molecule has 0 aliphatic heterocycles. The molecule has 114 valence electrons.